The maximum absolute atomic E-state index is 13.4. The van der Waals surface area contributed by atoms with E-state index >= 15 is 0 Å². The first-order chi connectivity index (χ1) is 16.1. The van der Waals surface area contributed by atoms with Crippen LogP contribution in [0.2, 0.25) is 15.1 Å². The normalized spacial score (nSPS) is 11.3. The second-order valence-electron chi connectivity index (χ2n) is 7.04. The molecule has 0 saturated carbocycles. The van der Waals surface area contributed by atoms with Gasteiger partial charge in [-0.25, -0.2) is 13.2 Å². The van der Waals surface area contributed by atoms with Crippen molar-refractivity contribution in [1.82, 2.24) is 4.31 Å². The van der Waals surface area contributed by atoms with Crippen molar-refractivity contribution in [2.24, 2.45) is 0 Å². The number of carbonyl (C=O) groups excluding carboxylic acids is 2. The maximum Gasteiger partial charge on any atom is 0.337 e. The van der Waals surface area contributed by atoms with Crippen LogP contribution in [0, 0.1) is 0 Å². The van der Waals surface area contributed by atoms with E-state index in [1.54, 1.807) is 18.2 Å². The summed E-state index contributed by atoms with van der Waals surface area (Å²) in [5.41, 5.74) is 1.04. The lowest BCUT2D eigenvalue weighted by atomic mass is 10.2. The zero-order valence-electron chi connectivity index (χ0n) is 17.8. The molecule has 0 aliphatic rings. The number of esters is 1. The fraction of sp³-hybridized carbons (Fsp3) is 0.130. The quantitative estimate of drug-likeness (QED) is 0.393. The number of sulfonamides is 1. The van der Waals surface area contributed by atoms with Crippen LogP contribution in [0.1, 0.15) is 15.9 Å². The molecule has 178 valence electrons. The molecule has 0 radical (unpaired) electrons. The van der Waals surface area contributed by atoms with Gasteiger partial charge in [0.05, 0.1) is 24.1 Å². The van der Waals surface area contributed by atoms with Gasteiger partial charge in [-0.3, -0.25) is 4.79 Å². The molecule has 0 aliphatic heterocycles. The van der Waals surface area contributed by atoms with Gasteiger partial charge in [-0.15, -0.1) is 0 Å². The van der Waals surface area contributed by atoms with Crippen molar-refractivity contribution in [3.63, 3.8) is 0 Å². The van der Waals surface area contributed by atoms with Gasteiger partial charge < -0.3 is 10.1 Å². The summed E-state index contributed by atoms with van der Waals surface area (Å²) in [6, 6.07) is 16.4. The van der Waals surface area contributed by atoms with Gasteiger partial charge in [0, 0.05) is 32.9 Å². The Morgan fingerprint density at radius 2 is 1.50 bits per heavy atom. The minimum Gasteiger partial charge on any atom is -0.465 e. The number of anilines is 1. The smallest absolute Gasteiger partial charge is 0.337 e. The first-order valence-corrected chi connectivity index (χ1v) is 12.4. The van der Waals surface area contributed by atoms with Crippen molar-refractivity contribution in [3.8, 4) is 0 Å². The summed E-state index contributed by atoms with van der Waals surface area (Å²) in [5.74, 6) is -1.12. The number of nitrogens with zero attached hydrogens (tertiary/aromatic N) is 1. The predicted molar refractivity (Wildman–Crippen MR) is 132 cm³/mol. The summed E-state index contributed by atoms with van der Waals surface area (Å²) in [6.45, 7) is -0.760. The minimum absolute atomic E-state index is 0.0460. The molecule has 7 nitrogen and oxygen atoms in total. The summed E-state index contributed by atoms with van der Waals surface area (Å²) >= 11 is 18.4. The van der Waals surface area contributed by atoms with Crippen LogP contribution < -0.4 is 5.32 Å². The van der Waals surface area contributed by atoms with Crippen molar-refractivity contribution >= 4 is 62.4 Å². The van der Waals surface area contributed by atoms with Crippen molar-refractivity contribution < 1.29 is 22.7 Å². The van der Waals surface area contributed by atoms with E-state index in [0.717, 1.165) is 4.31 Å². The number of nitrogens with one attached hydrogen (secondary N) is 1. The molecule has 11 heteroatoms. The molecule has 0 atom stereocenters. The topological polar surface area (TPSA) is 92.8 Å². The third-order valence-corrected chi connectivity index (χ3v) is 7.52. The molecule has 3 aromatic rings. The van der Waals surface area contributed by atoms with Crippen LogP contribution >= 0.6 is 34.8 Å². The highest BCUT2D eigenvalue weighted by Gasteiger charge is 2.28. The van der Waals surface area contributed by atoms with E-state index in [9.17, 15) is 18.0 Å². The first-order valence-electron chi connectivity index (χ1n) is 9.78. The Balaban J connectivity index is 1.88. The first kappa shape index (κ1) is 26.0. The van der Waals surface area contributed by atoms with Crippen molar-refractivity contribution in [2.45, 2.75) is 11.4 Å². The van der Waals surface area contributed by atoms with Crippen molar-refractivity contribution in [2.75, 3.05) is 19.0 Å². The molecule has 1 amide bonds. The summed E-state index contributed by atoms with van der Waals surface area (Å²) < 4.78 is 32.4. The van der Waals surface area contributed by atoms with Crippen LogP contribution in [0.15, 0.2) is 71.6 Å². The Morgan fingerprint density at radius 3 is 2.06 bits per heavy atom. The second-order valence-corrected chi connectivity index (χ2v) is 10.2. The Labute approximate surface area is 212 Å². The Bertz CT molecular complexity index is 1280. The molecule has 0 aromatic heterocycles. The Morgan fingerprint density at radius 1 is 0.912 bits per heavy atom. The lowest BCUT2D eigenvalue weighted by Crippen LogP contribution is -2.37. The predicted octanol–water partition coefficient (Wildman–Crippen LogP) is 5.26. The van der Waals surface area contributed by atoms with E-state index < -0.39 is 28.4 Å². The van der Waals surface area contributed by atoms with Gasteiger partial charge >= 0.3 is 5.97 Å². The number of methoxy groups -OCH3 is 1. The van der Waals surface area contributed by atoms with Gasteiger partial charge in [0.25, 0.3) is 0 Å². The highest BCUT2D eigenvalue weighted by Crippen LogP contribution is 2.28. The molecular formula is C23H19Cl3N2O5S. The van der Waals surface area contributed by atoms with E-state index in [1.807, 2.05) is 0 Å². The van der Waals surface area contributed by atoms with Crippen LogP contribution in [-0.4, -0.2) is 38.3 Å². The fourth-order valence-corrected chi connectivity index (χ4v) is 5.02. The molecule has 0 saturated heterocycles. The van der Waals surface area contributed by atoms with Crippen LogP contribution in [0.3, 0.4) is 0 Å². The number of amides is 1. The van der Waals surface area contributed by atoms with Crippen LogP contribution in [0.25, 0.3) is 0 Å². The summed E-state index contributed by atoms with van der Waals surface area (Å²) in [7, 11) is -2.86. The molecule has 0 unspecified atom stereocenters. The summed E-state index contributed by atoms with van der Waals surface area (Å²) in [4.78, 5) is 24.3. The number of benzene rings is 3. The average molecular weight is 542 g/mol. The van der Waals surface area contributed by atoms with E-state index in [0.29, 0.717) is 21.8 Å². The van der Waals surface area contributed by atoms with Crippen molar-refractivity contribution in [1.29, 1.82) is 0 Å². The maximum atomic E-state index is 13.4. The SMILES string of the molecule is COC(=O)c1ccc(NC(=O)CN(Cc2c(Cl)cccc2Cl)S(=O)(=O)c2ccc(Cl)cc2)cc1. The number of carbonyl (C=O) groups is 2. The number of hydrogen-bond donors (Lipinski definition) is 1. The van der Waals surface area contributed by atoms with Crippen molar-refractivity contribution in [3.05, 3.63) is 92.9 Å². The summed E-state index contributed by atoms with van der Waals surface area (Å²) in [6.07, 6.45) is 0. The van der Waals surface area contributed by atoms with Gasteiger partial charge in [0.2, 0.25) is 15.9 Å². The number of hydrogen-bond acceptors (Lipinski definition) is 5. The van der Waals surface area contributed by atoms with E-state index in [4.69, 9.17) is 34.8 Å². The highest BCUT2D eigenvalue weighted by molar-refractivity contribution is 7.89. The lowest BCUT2D eigenvalue weighted by Gasteiger charge is -2.23. The van der Waals surface area contributed by atoms with Crippen LogP contribution in [0.5, 0.6) is 0 Å². The molecule has 1 N–H and O–H groups in total. The average Bonchev–Trinajstić information content (AvgIpc) is 2.81. The molecule has 34 heavy (non-hydrogen) atoms. The van der Waals surface area contributed by atoms with Crippen LogP contribution in [-0.2, 0) is 26.1 Å². The molecule has 0 spiro atoms. The Hall–Kier alpha value is -2.62. The number of rotatable bonds is 8. The summed E-state index contributed by atoms with van der Waals surface area (Å²) in [5, 5.41) is 3.52. The third-order valence-electron chi connectivity index (χ3n) is 4.76. The highest BCUT2D eigenvalue weighted by atomic mass is 35.5. The molecule has 0 fully saturated rings. The standard InChI is InChI=1S/C23H19Cl3N2O5S/c1-33-23(30)15-5-9-17(10-6-15)27-22(29)14-28(13-19-20(25)3-2-4-21(19)26)34(31,32)18-11-7-16(24)8-12-18/h2-12H,13-14H2,1H3,(H,27,29). The van der Waals surface area contributed by atoms with E-state index in [-0.39, 0.29) is 21.5 Å². The largest absolute Gasteiger partial charge is 0.465 e. The van der Waals surface area contributed by atoms with Crippen LogP contribution in [0.4, 0.5) is 5.69 Å². The molecule has 0 bridgehead atoms. The Kier molecular flexibility index (Phi) is 8.57. The van der Waals surface area contributed by atoms with Gasteiger partial charge in [0.15, 0.2) is 0 Å². The zero-order chi connectivity index (χ0) is 24.9. The monoisotopic (exact) mass is 540 g/mol. The molecular weight excluding hydrogens is 523 g/mol. The number of ether oxygens (including phenoxy) is 1. The van der Waals surface area contributed by atoms with Gasteiger partial charge in [-0.05, 0) is 60.7 Å². The van der Waals surface area contributed by atoms with Gasteiger partial charge in [-0.1, -0.05) is 40.9 Å². The molecule has 3 aromatic carbocycles. The molecule has 0 heterocycles. The lowest BCUT2D eigenvalue weighted by molar-refractivity contribution is -0.116. The minimum atomic E-state index is -4.12. The molecule has 0 aliphatic carbocycles. The van der Waals surface area contributed by atoms with Gasteiger partial charge in [0.1, 0.15) is 0 Å². The third kappa shape index (κ3) is 6.28. The van der Waals surface area contributed by atoms with E-state index in [1.165, 1.54) is 55.6 Å². The van der Waals surface area contributed by atoms with E-state index in [2.05, 4.69) is 10.1 Å². The second kappa shape index (κ2) is 11.2. The molecule has 3 rings (SSSR count). The number of halogens is 3. The van der Waals surface area contributed by atoms with Gasteiger partial charge in [-0.2, -0.15) is 4.31 Å². The fourth-order valence-electron chi connectivity index (χ4n) is 3.01. The zero-order valence-corrected chi connectivity index (χ0v) is 20.9.